The van der Waals surface area contributed by atoms with Crippen LogP contribution in [0.15, 0.2) is 42.6 Å². The first-order valence-electron chi connectivity index (χ1n) is 9.29. The largest absolute Gasteiger partial charge is 0.383 e. The van der Waals surface area contributed by atoms with Crippen LogP contribution < -0.4 is 11.1 Å². The lowest BCUT2D eigenvalue weighted by Gasteiger charge is -2.10. The number of nitrogen functional groups attached to an aromatic ring is 1. The number of anilines is 2. The number of pyridine rings is 2. The molecule has 1 aliphatic rings. The summed E-state index contributed by atoms with van der Waals surface area (Å²) in [7, 11) is 0. The molecule has 1 aliphatic carbocycles. The van der Waals surface area contributed by atoms with E-state index in [9.17, 15) is 4.79 Å². The molecule has 0 radical (unpaired) electrons. The van der Waals surface area contributed by atoms with Crippen molar-refractivity contribution in [3.8, 4) is 17.3 Å². The number of fused-ring (bicyclic) bond motifs is 1. The summed E-state index contributed by atoms with van der Waals surface area (Å²) in [5.74, 6) is 1.05. The minimum Gasteiger partial charge on any atom is -0.383 e. The smallest absolute Gasteiger partial charge is 0.229 e. The third kappa shape index (κ3) is 3.16. The van der Waals surface area contributed by atoms with Crippen LogP contribution in [-0.2, 0) is 4.79 Å². The van der Waals surface area contributed by atoms with Crippen molar-refractivity contribution in [3.63, 3.8) is 0 Å². The van der Waals surface area contributed by atoms with Crippen molar-refractivity contribution in [2.45, 2.75) is 20.3 Å². The van der Waals surface area contributed by atoms with E-state index < -0.39 is 0 Å². The average Bonchev–Trinajstić information content (AvgIpc) is 3.31. The van der Waals surface area contributed by atoms with Crippen molar-refractivity contribution in [1.29, 1.82) is 5.26 Å². The molecule has 1 amide bonds. The molecule has 3 atom stereocenters. The van der Waals surface area contributed by atoms with Crippen LogP contribution in [0.25, 0.3) is 22.0 Å². The number of nitrogens with one attached hydrogen (secondary N) is 1. The van der Waals surface area contributed by atoms with Gasteiger partial charge in [0.05, 0.1) is 11.8 Å². The molecule has 4 rings (SSSR count). The van der Waals surface area contributed by atoms with Gasteiger partial charge in [0.2, 0.25) is 5.91 Å². The van der Waals surface area contributed by atoms with E-state index >= 15 is 0 Å². The number of nitriles is 1. The standard InChI is InChI=1S/C22H21N5O/c1-12-5-3-4-6-15(12)18-9-14-10-19(25-11-17(14)21(24)26-18)27-22(28)20-13(2)16(20)7-8-23/h3-6,9-11,13,16,20H,7H2,1-2H3,(H2,24,26)(H,25,27,28)/t13-,16+,20+/m1/s1. The number of aryl methyl sites for hydroxylation is 1. The number of hydrogen-bond acceptors (Lipinski definition) is 5. The summed E-state index contributed by atoms with van der Waals surface area (Å²) in [5.41, 5.74) is 9.07. The lowest BCUT2D eigenvalue weighted by molar-refractivity contribution is -0.117. The zero-order valence-corrected chi connectivity index (χ0v) is 15.8. The van der Waals surface area contributed by atoms with Crippen LogP contribution in [0, 0.1) is 36.0 Å². The number of carbonyl (C=O) groups is 1. The summed E-state index contributed by atoms with van der Waals surface area (Å²) in [6.45, 7) is 4.03. The molecular weight excluding hydrogens is 350 g/mol. The summed E-state index contributed by atoms with van der Waals surface area (Å²) >= 11 is 0. The van der Waals surface area contributed by atoms with E-state index in [2.05, 4.69) is 21.4 Å². The SMILES string of the molecule is Cc1ccccc1-c1cc2cc(NC(=O)[C@H]3[C@H](C)[C@@H]3CC#N)ncc2c(N)n1. The number of carbonyl (C=O) groups excluding carboxylic acids is 1. The molecule has 1 aromatic carbocycles. The number of aromatic nitrogens is 2. The Morgan fingerprint density at radius 1 is 1.32 bits per heavy atom. The first-order chi connectivity index (χ1) is 13.5. The van der Waals surface area contributed by atoms with Gasteiger partial charge in [0, 0.05) is 29.5 Å². The first-order valence-corrected chi connectivity index (χ1v) is 9.29. The molecule has 2 aromatic heterocycles. The Balaban J connectivity index is 1.64. The van der Waals surface area contributed by atoms with E-state index in [0.717, 1.165) is 27.6 Å². The second-order valence-electron chi connectivity index (χ2n) is 7.40. The molecule has 3 aromatic rings. The second-order valence-corrected chi connectivity index (χ2v) is 7.40. The molecule has 0 spiro atoms. The topological polar surface area (TPSA) is 105 Å². The van der Waals surface area contributed by atoms with Crippen LogP contribution >= 0.6 is 0 Å². The number of nitrogens with zero attached hydrogens (tertiary/aromatic N) is 3. The molecule has 140 valence electrons. The molecule has 2 heterocycles. The monoisotopic (exact) mass is 371 g/mol. The highest BCUT2D eigenvalue weighted by Gasteiger charge is 2.51. The molecular formula is C22H21N5O. The molecule has 28 heavy (non-hydrogen) atoms. The fourth-order valence-electron chi connectivity index (χ4n) is 3.85. The van der Waals surface area contributed by atoms with Gasteiger partial charge >= 0.3 is 0 Å². The van der Waals surface area contributed by atoms with Gasteiger partial charge in [-0.15, -0.1) is 0 Å². The highest BCUT2D eigenvalue weighted by Crippen LogP contribution is 2.48. The molecule has 1 saturated carbocycles. The third-order valence-corrected chi connectivity index (χ3v) is 5.61. The normalized spacial score (nSPS) is 20.5. The Kier molecular flexibility index (Phi) is 4.44. The molecule has 6 nitrogen and oxygen atoms in total. The number of rotatable bonds is 4. The van der Waals surface area contributed by atoms with Crippen molar-refractivity contribution in [1.82, 2.24) is 9.97 Å². The molecule has 0 saturated heterocycles. The van der Waals surface area contributed by atoms with E-state index in [0.29, 0.717) is 18.1 Å². The maximum Gasteiger partial charge on any atom is 0.229 e. The van der Waals surface area contributed by atoms with Gasteiger partial charge < -0.3 is 11.1 Å². The van der Waals surface area contributed by atoms with Crippen LogP contribution in [-0.4, -0.2) is 15.9 Å². The Morgan fingerprint density at radius 2 is 2.11 bits per heavy atom. The minimum absolute atomic E-state index is 0.0826. The number of amides is 1. The first kappa shape index (κ1) is 17.9. The highest BCUT2D eigenvalue weighted by molar-refractivity contribution is 5.98. The second kappa shape index (κ2) is 6.93. The van der Waals surface area contributed by atoms with E-state index in [1.54, 1.807) is 6.20 Å². The fraction of sp³-hybridized carbons (Fsp3) is 0.273. The minimum atomic E-state index is -0.123. The molecule has 0 aliphatic heterocycles. The van der Waals surface area contributed by atoms with Gasteiger partial charge in [-0.2, -0.15) is 5.26 Å². The van der Waals surface area contributed by atoms with E-state index in [4.69, 9.17) is 11.0 Å². The highest BCUT2D eigenvalue weighted by atomic mass is 16.2. The van der Waals surface area contributed by atoms with Gasteiger partial charge in [-0.05, 0) is 41.8 Å². The lowest BCUT2D eigenvalue weighted by atomic mass is 10.0. The Morgan fingerprint density at radius 3 is 2.86 bits per heavy atom. The Hall–Kier alpha value is -3.46. The Bertz CT molecular complexity index is 1120. The quantitative estimate of drug-likeness (QED) is 0.723. The predicted molar refractivity (Wildman–Crippen MR) is 109 cm³/mol. The van der Waals surface area contributed by atoms with Gasteiger partial charge in [-0.1, -0.05) is 31.2 Å². The predicted octanol–water partition coefficient (Wildman–Crippen LogP) is 3.92. The maximum absolute atomic E-state index is 12.5. The molecule has 0 unspecified atom stereocenters. The van der Waals surface area contributed by atoms with Crippen LogP contribution in [0.5, 0.6) is 0 Å². The zero-order chi connectivity index (χ0) is 19.8. The summed E-state index contributed by atoms with van der Waals surface area (Å²) < 4.78 is 0. The maximum atomic E-state index is 12.5. The van der Waals surface area contributed by atoms with Gasteiger partial charge in [0.25, 0.3) is 0 Å². The zero-order valence-electron chi connectivity index (χ0n) is 15.8. The van der Waals surface area contributed by atoms with E-state index in [1.165, 1.54) is 0 Å². The number of hydrogen-bond donors (Lipinski definition) is 2. The fourth-order valence-corrected chi connectivity index (χ4v) is 3.85. The van der Waals surface area contributed by atoms with Crippen molar-refractivity contribution in [2.75, 3.05) is 11.1 Å². The van der Waals surface area contributed by atoms with Gasteiger partial charge in [0.15, 0.2) is 0 Å². The van der Waals surface area contributed by atoms with Crippen LogP contribution in [0.3, 0.4) is 0 Å². The summed E-state index contributed by atoms with van der Waals surface area (Å²) in [5, 5.41) is 13.4. The van der Waals surface area contributed by atoms with Crippen LogP contribution in [0.2, 0.25) is 0 Å². The number of nitrogens with two attached hydrogens (primary N) is 1. The van der Waals surface area contributed by atoms with Gasteiger partial charge in [-0.3, -0.25) is 4.79 Å². The molecule has 6 heteroatoms. The van der Waals surface area contributed by atoms with Gasteiger partial charge in [0.1, 0.15) is 11.6 Å². The van der Waals surface area contributed by atoms with Crippen molar-refractivity contribution in [3.05, 3.63) is 48.2 Å². The van der Waals surface area contributed by atoms with Crippen LogP contribution in [0.4, 0.5) is 11.6 Å². The van der Waals surface area contributed by atoms with E-state index in [1.807, 2.05) is 50.2 Å². The average molecular weight is 371 g/mol. The van der Waals surface area contributed by atoms with Crippen molar-refractivity contribution in [2.24, 2.45) is 17.8 Å². The molecule has 0 bridgehead atoms. The summed E-state index contributed by atoms with van der Waals surface area (Å²) in [6.07, 6.45) is 2.05. The van der Waals surface area contributed by atoms with E-state index in [-0.39, 0.29) is 23.7 Å². The summed E-state index contributed by atoms with van der Waals surface area (Å²) in [4.78, 5) is 21.3. The summed E-state index contributed by atoms with van der Waals surface area (Å²) in [6, 6.07) is 13.9. The molecule has 3 N–H and O–H groups in total. The van der Waals surface area contributed by atoms with Crippen LogP contribution in [0.1, 0.15) is 18.9 Å². The number of benzene rings is 1. The van der Waals surface area contributed by atoms with Crippen molar-refractivity contribution < 1.29 is 4.79 Å². The Labute approximate surface area is 163 Å². The molecule has 1 fully saturated rings. The van der Waals surface area contributed by atoms with Gasteiger partial charge in [-0.25, -0.2) is 9.97 Å². The van der Waals surface area contributed by atoms with Crippen molar-refractivity contribution >= 4 is 28.3 Å². The third-order valence-electron chi connectivity index (χ3n) is 5.61. The lowest BCUT2D eigenvalue weighted by Crippen LogP contribution is -2.16.